The van der Waals surface area contributed by atoms with Crippen LogP contribution in [0, 0.1) is 10.8 Å². The zero-order chi connectivity index (χ0) is 11.0. The van der Waals surface area contributed by atoms with Gasteiger partial charge in [0.1, 0.15) is 0 Å². The van der Waals surface area contributed by atoms with Gasteiger partial charge in [0.05, 0.1) is 5.84 Å². The van der Waals surface area contributed by atoms with E-state index in [0.29, 0.717) is 19.6 Å². The Hall–Kier alpha value is -0.650. The minimum absolute atomic E-state index is 0.168. The van der Waals surface area contributed by atoms with Crippen LogP contribution in [0.4, 0.5) is 0 Å². The topological polar surface area (TPSA) is 128 Å². The van der Waals surface area contributed by atoms with E-state index >= 15 is 0 Å². The van der Waals surface area contributed by atoms with E-state index in [-0.39, 0.29) is 11.3 Å². The predicted octanol–water partition coefficient (Wildman–Crippen LogP) is -0.655. The number of nitrogens with one attached hydrogen (secondary N) is 1. The minimum atomic E-state index is -0.376. The molecule has 0 amide bonds. The highest BCUT2D eigenvalue weighted by Gasteiger charge is 2.30. The Bertz CT molecular complexity index is 161. The van der Waals surface area contributed by atoms with Gasteiger partial charge in [-0.05, 0) is 38.8 Å². The predicted molar refractivity (Wildman–Crippen MR) is 60.0 cm³/mol. The molecule has 5 nitrogen and oxygen atoms in total. The van der Waals surface area contributed by atoms with E-state index in [4.69, 9.17) is 28.3 Å². The summed E-state index contributed by atoms with van der Waals surface area (Å²) in [6.45, 7) is 1.62. The molecule has 0 fully saturated rings. The standard InChI is InChI=1S/C9H23N5/c10-5-1-3-9(7-12,8(13)14)4-2-6-11/h1-7,10-12H2,(H3,13,14). The molecule has 14 heavy (non-hydrogen) atoms. The molecule has 0 aromatic heterocycles. The SMILES string of the molecule is N=C(N)C(CN)(CCCN)CCCN. The van der Waals surface area contributed by atoms with Crippen molar-refractivity contribution in [2.75, 3.05) is 19.6 Å². The molecule has 0 aliphatic carbocycles. The van der Waals surface area contributed by atoms with Gasteiger partial charge in [0.2, 0.25) is 0 Å². The Labute approximate surface area is 85.7 Å². The lowest BCUT2D eigenvalue weighted by Crippen LogP contribution is -2.43. The van der Waals surface area contributed by atoms with Gasteiger partial charge in [0, 0.05) is 12.0 Å². The number of hydrogen-bond acceptors (Lipinski definition) is 4. The van der Waals surface area contributed by atoms with E-state index in [1.54, 1.807) is 0 Å². The van der Waals surface area contributed by atoms with Gasteiger partial charge in [-0.25, -0.2) is 0 Å². The van der Waals surface area contributed by atoms with Crippen LogP contribution in [0.3, 0.4) is 0 Å². The summed E-state index contributed by atoms with van der Waals surface area (Å²) in [6.07, 6.45) is 3.27. The average molecular weight is 201 g/mol. The van der Waals surface area contributed by atoms with Crippen molar-refractivity contribution in [3.8, 4) is 0 Å². The molecule has 0 aromatic rings. The van der Waals surface area contributed by atoms with Crippen LogP contribution in [0.2, 0.25) is 0 Å². The third-order valence-electron chi connectivity index (χ3n) is 2.68. The van der Waals surface area contributed by atoms with Crippen LogP contribution in [0.15, 0.2) is 0 Å². The van der Waals surface area contributed by atoms with E-state index in [1.165, 1.54) is 0 Å². The van der Waals surface area contributed by atoms with Gasteiger partial charge in [-0.3, -0.25) is 5.41 Å². The van der Waals surface area contributed by atoms with Crippen LogP contribution in [-0.4, -0.2) is 25.5 Å². The molecular weight excluding hydrogens is 178 g/mol. The second-order valence-corrected chi connectivity index (χ2v) is 3.68. The van der Waals surface area contributed by atoms with Gasteiger partial charge in [0.25, 0.3) is 0 Å². The lowest BCUT2D eigenvalue weighted by atomic mass is 9.78. The summed E-state index contributed by atoms with van der Waals surface area (Å²) in [4.78, 5) is 0. The molecule has 9 N–H and O–H groups in total. The molecule has 0 atom stereocenters. The Balaban J connectivity index is 4.35. The zero-order valence-electron chi connectivity index (χ0n) is 8.76. The molecule has 0 spiro atoms. The molecule has 0 aliphatic heterocycles. The molecule has 0 bridgehead atoms. The molecule has 0 heterocycles. The Morgan fingerprint density at radius 1 is 1.00 bits per heavy atom. The van der Waals surface area contributed by atoms with Crippen LogP contribution >= 0.6 is 0 Å². The van der Waals surface area contributed by atoms with Crippen LogP contribution in [0.25, 0.3) is 0 Å². The smallest absolute Gasteiger partial charge is 0.0981 e. The van der Waals surface area contributed by atoms with Crippen molar-refractivity contribution >= 4 is 5.84 Å². The van der Waals surface area contributed by atoms with Crippen LogP contribution < -0.4 is 22.9 Å². The highest BCUT2D eigenvalue weighted by molar-refractivity contribution is 5.83. The maximum Gasteiger partial charge on any atom is 0.0981 e. The van der Waals surface area contributed by atoms with Gasteiger partial charge < -0.3 is 22.9 Å². The summed E-state index contributed by atoms with van der Waals surface area (Å²) in [5.41, 5.74) is 21.8. The molecule has 0 saturated heterocycles. The van der Waals surface area contributed by atoms with Crippen molar-refractivity contribution < 1.29 is 0 Å². The molecule has 0 aliphatic rings. The molecule has 0 saturated carbocycles. The summed E-state index contributed by atoms with van der Waals surface area (Å²) >= 11 is 0. The van der Waals surface area contributed by atoms with E-state index < -0.39 is 0 Å². The number of nitrogens with two attached hydrogens (primary N) is 4. The number of rotatable bonds is 8. The summed E-state index contributed by atoms with van der Waals surface area (Å²) in [5.74, 6) is 0.168. The first-order chi connectivity index (χ1) is 6.63. The number of amidine groups is 1. The fraction of sp³-hybridized carbons (Fsp3) is 0.889. The van der Waals surface area contributed by atoms with Gasteiger partial charge >= 0.3 is 0 Å². The minimum Gasteiger partial charge on any atom is -0.387 e. The number of hydrogen-bond donors (Lipinski definition) is 5. The van der Waals surface area contributed by atoms with E-state index in [9.17, 15) is 0 Å². The lowest BCUT2D eigenvalue weighted by molar-refractivity contribution is 0.346. The molecule has 0 radical (unpaired) electrons. The van der Waals surface area contributed by atoms with Crippen LogP contribution in [0.5, 0.6) is 0 Å². The Morgan fingerprint density at radius 2 is 1.43 bits per heavy atom. The quantitative estimate of drug-likeness (QED) is 0.264. The highest BCUT2D eigenvalue weighted by atomic mass is 14.8. The first-order valence-corrected chi connectivity index (χ1v) is 5.07. The van der Waals surface area contributed by atoms with Crippen LogP contribution in [-0.2, 0) is 0 Å². The van der Waals surface area contributed by atoms with Crippen LogP contribution in [0.1, 0.15) is 25.7 Å². The first kappa shape index (κ1) is 13.4. The van der Waals surface area contributed by atoms with Gasteiger partial charge in [-0.1, -0.05) is 0 Å². The van der Waals surface area contributed by atoms with Crippen molar-refractivity contribution in [3.05, 3.63) is 0 Å². The van der Waals surface area contributed by atoms with Gasteiger partial charge in [0.15, 0.2) is 0 Å². The van der Waals surface area contributed by atoms with Crippen molar-refractivity contribution in [2.24, 2.45) is 28.3 Å². The fourth-order valence-corrected chi connectivity index (χ4v) is 1.59. The van der Waals surface area contributed by atoms with E-state index in [1.807, 2.05) is 0 Å². The third kappa shape index (κ3) is 3.61. The normalized spacial score (nSPS) is 11.6. The first-order valence-electron chi connectivity index (χ1n) is 5.07. The van der Waals surface area contributed by atoms with Gasteiger partial charge in [-0.2, -0.15) is 0 Å². The van der Waals surface area contributed by atoms with Crippen molar-refractivity contribution in [2.45, 2.75) is 25.7 Å². The Morgan fingerprint density at radius 3 is 1.64 bits per heavy atom. The summed E-state index contributed by atoms with van der Waals surface area (Å²) in [6, 6.07) is 0. The van der Waals surface area contributed by atoms with Crippen molar-refractivity contribution in [1.82, 2.24) is 0 Å². The lowest BCUT2D eigenvalue weighted by Gasteiger charge is -2.31. The Kier molecular flexibility index (Phi) is 6.44. The van der Waals surface area contributed by atoms with E-state index in [2.05, 4.69) is 0 Å². The molecule has 0 unspecified atom stereocenters. The van der Waals surface area contributed by atoms with E-state index in [0.717, 1.165) is 25.7 Å². The highest BCUT2D eigenvalue weighted by Crippen LogP contribution is 2.28. The molecule has 0 aromatic carbocycles. The zero-order valence-corrected chi connectivity index (χ0v) is 8.76. The summed E-state index contributed by atoms with van der Waals surface area (Å²) in [5, 5.41) is 7.57. The molecule has 84 valence electrons. The average Bonchev–Trinajstić information content (AvgIpc) is 2.18. The fourth-order valence-electron chi connectivity index (χ4n) is 1.59. The maximum absolute atomic E-state index is 7.57. The van der Waals surface area contributed by atoms with Crippen molar-refractivity contribution in [3.63, 3.8) is 0 Å². The van der Waals surface area contributed by atoms with Gasteiger partial charge in [-0.15, -0.1) is 0 Å². The molecule has 0 rings (SSSR count). The largest absolute Gasteiger partial charge is 0.387 e. The third-order valence-corrected chi connectivity index (χ3v) is 2.68. The van der Waals surface area contributed by atoms with Crippen molar-refractivity contribution in [1.29, 1.82) is 5.41 Å². The summed E-state index contributed by atoms with van der Waals surface area (Å²) in [7, 11) is 0. The second-order valence-electron chi connectivity index (χ2n) is 3.68. The monoisotopic (exact) mass is 201 g/mol. The second kappa shape index (κ2) is 6.75. The molecular formula is C9H23N5. The summed E-state index contributed by atoms with van der Waals surface area (Å²) < 4.78 is 0. The molecule has 5 heteroatoms. The maximum atomic E-state index is 7.57.